The van der Waals surface area contributed by atoms with Gasteiger partial charge in [0.2, 0.25) is 5.91 Å². The van der Waals surface area contributed by atoms with Crippen LogP contribution in [0.15, 0.2) is 28.7 Å². The molecule has 0 saturated carbocycles. The molecule has 0 aliphatic heterocycles. The fourth-order valence-electron chi connectivity index (χ4n) is 1.23. The summed E-state index contributed by atoms with van der Waals surface area (Å²) in [5, 5.41) is 14.2. The number of aliphatic carboxylic acids is 1. The lowest BCUT2D eigenvalue weighted by Crippen LogP contribution is -2.44. The minimum Gasteiger partial charge on any atom is -0.480 e. The van der Waals surface area contributed by atoms with Crippen molar-refractivity contribution < 1.29 is 14.7 Å². The summed E-state index contributed by atoms with van der Waals surface area (Å²) >= 11 is 3.30. The van der Waals surface area contributed by atoms with Crippen LogP contribution < -0.4 is 10.6 Å². The van der Waals surface area contributed by atoms with Gasteiger partial charge >= 0.3 is 5.97 Å². The van der Waals surface area contributed by atoms with E-state index in [-0.39, 0.29) is 12.5 Å². The number of carboxylic acids is 1. The van der Waals surface area contributed by atoms with Gasteiger partial charge in [-0.3, -0.25) is 4.79 Å². The Morgan fingerprint density at radius 3 is 2.41 bits per heavy atom. The van der Waals surface area contributed by atoms with Crippen molar-refractivity contribution in [1.29, 1.82) is 0 Å². The molecule has 17 heavy (non-hydrogen) atoms. The molecule has 1 atom stereocenters. The maximum atomic E-state index is 10.8. The molecule has 3 N–H and O–H groups in total. The summed E-state index contributed by atoms with van der Waals surface area (Å²) in [5.41, 5.74) is 0.796. The highest BCUT2D eigenvalue weighted by atomic mass is 79.9. The largest absolute Gasteiger partial charge is 0.480 e. The Morgan fingerprint density at radius 2 is 1.94 bits per heavy atom. The van der Waals surface area contributed by atoms with Gasteiger partial charge in [0.15, 0.2) is 0 Å². The highest BCUT2D eigenvalue weighted by molar-refractivity contribution is 9.10. The van der Waals surface area contributed by atoms with Gasteiger partial charge in [-0.25, -0.2) is 4.79 Å². The van der Waals surface area contributed by atoms with Crippen molar-refractivity contribution in [2.24, 2.45) is 0 Å². The molecule has 0 saturated heterocycles. The van der Waals surface area contributed by atoms with E-state index < -0.39 is 12.0 Å². The Balaban J connectivity index is 2.54. The van der Waals surface area contributed by atoms with E-state index in [4.69, 9.17) is 5.11 Å². The summed E-state index contributed by atoms with van der Waals surface area (Å²) in [4.78, 5) is 21.7. The zero-order valence-electron chi connectivity index (χ0n) is 9.24. The molecule has 1 rings (SSSR count). The molecule has 6 heteroatoms. The number of halogens is 1. The molecule has 0 aliphatic carbocycles. The Morgan fingerprint density at radius 1 is 1.35 bits per heavy atom. The number of benzene rings is 1. The Bertz CT molecular complexity index is 406. The number of carbonyl (C=O) groups excluding carboxylic acids is 1. The maximum absolute atomic E-state index is 10.8. The van der Waals surface area contributed by atoms with E-state index in [1.807, 2.05) is 24.3 Å². The molecule has 92 valence electrons. The zero-order valence-corrected chi connectivity index (χ0v) is 10.8. The number of hydrogen-bond acceptors (Lipinski definition) is 3. The average Bonchev–Trinajstić information content (AvgIpc) is 2.25. The van der Waals surface area contributed by atoms with Crippen LogP contribution >= 0.6 is 15.9 Å². The first-order valence-electron chi connectivity index (χ1n) is 4.98. The molecule has 0 fully saturated rings. The maximum Gasteiger partial charge on any atom is 0.328 e. The highest BCUT2D eigenvalue weighted by Crippen LogP contribution is 2.13. The first-order valence-corrected chi connectivity index (χ1v) is 5.77. The van der Waals surface area contributed by atoms with Crippen molar-refractivity contribution in [2.45, 2.75) is 13.0 Å². The quantitative estimate of drug-likeness (QED) is 0.769. The van der Waals surface area contributed by atoms with Crippen LogP contribution in [0.5, 0.6) is 0 Å². The molecule has 0 bridgehead atoms. The normalized spacial score (nSPS) is 11.6. The smallest absolute Gasteiger partial charge is 0.328 e. The van der Waals surface area contributed by atoms with Gasteiger partial charge in [0.1, 0.15) is 6.04 Å². The molecule has 1 aromatic rings. The fourth-order valence-corrected chi connectivity index (χ4v) is 1.50. The summed E-state index contributed by atoms with van der Waals surface area (Å²) in [6.07, 6.45) is 0. The molecule has 0 aromatic heterocycles. The predicted octanol–water partition coefficient (Wildman–Crippen LogP) is 1.45. The molecule has 1 unspecified atom stereocenters. The summed E-state index contributed by atoms with van der Waals surface area (Å²) < 4.78 is 0.944. The first kappa shape index (κ1) is 13.5. The van der Waals surface area contributed by atoms with Crippen LogP contribution in [0.2, 0.25) is 0 Å². The topological polar surface area (TPSA) is 78.4 Å². The third kappa shape index (κ3) is 4.86. The number of carbonyl (C=O) groups is 2. The van der Waals surface area contributed by atoms with Crippen LogP contribution in [0.25, 0.3) is 0 Å². The van der Waals surface area contributed by atoms with Gasteiger partial charge in [0.05, 0.1) is 0 Å². The molecular formula is C11H13BrN2O3. The zero-order chi connectivity index (χ0) is 12.8. The summed E-state index contributed by atoms with van der Waals surface area (Å²) in [7, 11) is 0. The lowest BCUT2D eigenvalue weighted by Gasteiger charge is -2.14. The van der Waals surface area contributed by atoms with Crippen LogP contribution in [-0.4, -0.2) is 29.6 Å². The number of amides is 1. The number of nitrogens with one attached hydrogen (secondary N) is 2. The third-order valence-corrected chi connectivity index (χ3v) is 2.56. The highest BCUT2D eigenvalue weighted by Gasteiger charge is 2.17. The van der Waals surface area contributed by atoms with E-state index in [0.717, 1.165) is 10.2 Å². The number of anilines is 1. The Hall–Kier alpha value is -1.56. The van der Waals surface area contributed by atoms with Crippen molar-refractivity contribution in [2.75, 3.05) is 11.9 Å². The van der Waals surface area contributed by atoms with Crippen molar-refractivity contribution in [3.63, 3.8) is 0 Å². The number of hydrogen-bond donors (Lipinski definition) is 3. The van der Waals surface area contributed by atoms with Crippen LogP contribution in [0.3, 0.4) is 0 Å². The lowest BCUT2D eigenvalue weighted by molar-refractivity contribution is -0.141. The SMILES string of the molecule is CC(=O)NC(CNc1ccc(Br)cc1)C(=O)O. The van der Waals surface area contributed by atoms with Gasteiger partial charge in [-0.05, 0) is 24.3 Å². The minimum absolute atomic E-state index is 0.135. The molecule has 1 aromatic carbocycles. The van der Waals surface area contributed by atoms with E-state index in [0.29, 0.717) is 0 Å². The second-order valence-corrected chi connectivity index (χ2v) is 4.39. The van der Waals surface area contributed by atoms with Gasteiger partial charge in [-0.15, -0.1) is 0 Å². The van der Waals surface area contributed by atoms with Crippen molar-refractivity contribution in [1.82, 2.24) is 5.32 Å². The number of carboxylic acid groups (broad SMARTS) is 1. The molecule has 0 spiro atoms. The second-order valence-electron chi connectivity index (χ2n) is 3.48. The first-order chi connectivity index (χ1) is 7.99. The minimum atomic E-state index is -1.06. The van der Waals surface area contributed by atoms with Crippen LogP contribution in [0, 0.1) is 0 Å². The predicted molar refractivity (Wildman–Crippen MR) is 67.9 cm³/mol. The van der Waals surface area contributed by atoms with Crippen molar-refractivity contribution in [3.8, 4) is 0 Å². The van der Waals surface area contributed by atoms with Gasteiger partial charge in [0.25, 0.3) is 0 Å². The van der Waals surface area contributed by atoms with E-state index in [1.54, 1.807) is 0 Å². The molecule has 1 amide bonds. The molecule has 0 heterocycles. The van der Waals surface area contributed by atoms with E-state index in [9.17, 15) is 9.59 Å². The van der Waals surface area contributed by atoms with Crippen LogP contribution in [-0.2, 0) is 9.59 Å². The molecular weight excluding hydrogens is 288 g/mol. The van der Waals surface area contributed by atoms with Crippen LogP contribution in [0.4, 0.5) is 5.69 Å². The Labute approximate surface area is 107 Å². The fraction of sp³-hybridized carbons (Fsp3) is 0.273. The van der Waals surface area contributed by atoms with E-state index in [1.165, 1.54) is 6.92 Å². The van der Waals surface area contributed by atoms with Gasteiger partial charge in [0, 0.05) is 23.6 Å². The van der Waals surface area contributed by atoms with Gasteiger partial charge in [-0.2, -0.15) is 0 Å². The van der Waals surface area contributed by atoms with Crippen molar-refractivity contribution in [3.05, 3.63) is 28.7 Å². The van der Waals surface area contributed by atoms with E-state index in [2.05, 4.69) is 26.6 Å². The Kier molecular flexibility index (Phi) is 4.96. The van der Waals surface area contributed by atoms with Crippen LogP contribution in [0.1, 0.15) is 6.92 Å². The third-order valence-electron chi connectivity index (χ3n) is 2.03. The number of rotatable bonds is 5. The molecule has 5 nitrogen and oxygen atoms in total. The monoisotopic (exact) mass is 300 g/mol. The average molecular weight is 301 g/mol. The summed E-state index contributed by atoms with van der Waals surface area (Å²) in [6.45, 7) is 1.42. The molecule has 0 radical (unpaired) electrons. The standard InChI is InChI=1S/C11H13BrN2O3/c1-7(15)14-10(11(16)17)6-13-9-4-2-8(12)3-5-9/h2-5,10,13H,6H2,1H3,(H,14,15)(H,16,17). The molecule has 0 aliphatic rings. The van der Waals surface area contributed by atoms with E-state index >= 15 is 0 Å². The van der Waals surface area contributed by atoms with Gasteiger partial charge < -0.3 is 15.7 Å². The lowest BCUT2D eigenvalue weighted by atomic mass is 10.2. The van der Waals surface area contributed by atoms with Gasteiger partial charge in [-0.1, -0.05) is 15.9 Å². The summed E-state index contributed by atoms with van der Waals surface area (Å²) in [5.74, 6) is -1.43. The van der Waals surface area contributed by atoms with Crippen molar-refractivity contribution >= 4 is 33.5 Å². The second kappa shape index (κ2) is 6.24. The summed E-state index contributed by atoms with van der Waals surface area (Å²) in [6, 6.07) is 6.39.